The van der Waals surface area contributed by atoms with Gasteiger partial charge in [-0.3, -0.25) is 0 Å². The molecule has 0 aliphatic rings. The average molecular weight is 293 g/mol. The van der Waals surface area contributed by atoms with Crippen LogP contribution in [0, 0.1) is 11.2 Å². The molecule has 0 aliphatic heterocycles. The van der Waals surface area contributed by atoms with Gasteiger partial charge in [0.1, 0.15) is 5.82 Å². The van der Waals surface area contributed by atoms with E-state index in [0.717, 1.165) is 18.4 Å². The van der Waals surface area contributed by atoms with Gasteiger partial charge in [-0.25, -0.2) is 4.39 Å². The summed E-state index contributed by atoms with van der Waals surface area (Å²) in [7, 11) is 0. The molecular formula is C19H32FN. The van der Waals surface area contributed by atoms with Gasteiger partial charge in [-0.2, -0.15) is 0 Å². The largest absolute Gasteiger partial charge is 0.399 e. The van der Waals surface area contributed by atoms with Crippen molar-refractivity contribution < 1.29 is 4.39 Å². The van der Waals surface area contributed by atoms with Gasteiger partial charge in [-0.15, -0.1) is 0 Å². The molecule has 2 N–H and O–H groups in total. The Morgan fingerprint density at radius 1 is 0.905 bits per heavy atom. The summed E-state index contributed by atoms with van der Waals surface area (Å²) < 4.78 is 13.6. The molecular weight excluding hydrogens is 261 g/mol. The molecule has 120 valence electrons. The van der Waals surface area contributed by atoms with Gasteiger partial charge >= 0.3 is 0 Å². The molecule has 1 nitrogen and oxygen atoms in total. The lowest BCUT2D eigenvalue weighted by molar-refractivity contribution is 0.356. The van der Waals surface area contributed by atoms with Crippen molar-refractivity contribution in [3.8, 4) is 0 Å². The highest BCUT2D eigenvalue weighted by molar-refractivity contribution is 5.40. The van der Waals surface area contributed by atoms with Gasteiger partial charge in [0.05, 0.1) is 0 Å². The first kappa shape index (κ1) is 18.0. The first-order chi connectivity index (χ1) is 9.88. The molecule has 0 saturated heterocycles. The van der Waals surface area contributed by atoms with Crippen molar-refractivity contribution in [1.29, 1.82) is 0 Å². The number of hydrogen-bond donors (Lipinski definition) is 1. The first-order valence-electron chi connectivity index (χ1n) is 8.42. The van der Waals surface area contributed by atoms with Crippen molar-refractivity contribution >= 4 is 5.69 Å². The van der Waals surface area contributed by atoms with Crippen LogP contribution in [0.1, 0.15) is 77.7 Å². The fourth-order valence-corrected chi connectivity index (χ4v) is 2.62. The number of nitrogen functional groups attached to an aromatic ring is 1. The summed E-state index contributed by atoms with van der Waals surface area (Å²) in [5.74, 6) is -0.155. The lowest BCUT2D eigenvalue weighted by Gasteiger charge is -2.17. The molecule has 1 rings (SSSR count). The highest BCUT2D eigenvalue weighted by atomic mass is 19.1. The minimum Gasteiger partial charge on any atom is -0.399 e. The monoisotopic (exact) mass is 293 g/mol. The highest BCUT2D eigenvalue weighted by Gasteiger charge is 2.08. The molecule has 0 unspecified atom stereocenters. The topological polar surface area (TPSA) is 26.0 Å². The SMILES string of the molecule is CC(C)(C)CCCCCCCCCc1ccc(N)cc1F. The van der Waals surface area contributed by atoms with E-state index in [1.807, 2.05) is 6.07 Å². The van der Waals surface area contributed by atoms with Crippen LogP contribution in [0.25, 0.3) is 0 Å². The van der Waals surface area contributed by atoms with Gasteiger partial charge in [0, 0.05) is 5.69 Å². The van der Waals surface area contributed by atoms with Gasteiger partial charge in [0.2, 0.25) is 0 Å². The molecule has 0 saturated carbocycles. The van der Waals surface area contributed by atoms with Crippen LogP contribution in [-0.4, -0.2) is 0 Å². The molecule has 0 fully saturated rings. The summed E-state index contributed by atoms with van der Waals surface area (Å²) in [6, 6.07) is 5.02. The second kappa shape index (κ2) is 9.07. The Kier molecular flexibility index (Phi) is 7.77. The highest BCUT2D eigenvalue weighted by Crippen LogP contribution is 2.22. The lowest BCUT2D eigenvalue weighted by atomic mass is 9.89. The molecule has 0 bridgehead atoms. The molecule has 2 heteroatoms. The van der Waals surface area contributed by atoms with Crippen LogP contribution in [0.2, 0.25) is 0 Å². The normalized spacial score (nSPS) is 11.8. The molecule has 1 aromatic carbocycles. The van der Waals surface area contributed by atoms with E-state index in [2.05, 4.69) is 20.8 Å². The Hall–Kier alpha value is -1.05. The minimum atomic E-state index is -0.155. The maximum atomic E-state index is 13.6. The smallest absolute Gasteiger partial charge is 0.128 e. The lowest BCUT2D eigenvalue weighted by Crippen LogP contribution is -2.03. The van der Waals surface area contributed by atoms with Crippen LogP contribution in [0.5, 0.6) is 0 Å². The van der Waals surface area contributed by atoms with Gasteiger partial charge in [0.15, 0.2) is 0 Å². The fraction of sp³-hybridized carbons (Fsp3) is 0.684. The molecule has 21 heavy (non-hydrogen) atoms. The molecule has 0 spiro atoms. The van der Waals surface area contributed by atoms with Crippen molar-refractivity contribution in [2.75, 3.05) is 5.73 Å². The molecule has 0 heterocycles. The van der Waals surface area contributed by atoms with E-state index >= 15 is 0 Å². The van der Waals surface area contributed by atoms with Gasteiger partial charge in [-0.1, -0.05) is 65.4 Å². The number of hydrogen-bond acceptors (Lipinski definition) is 1. The predicted molar refractivity (Wildman–Crippen MR) is 90.9 cm³/mol. The summed E-state index contributed by atoms with van der Waals surface area (Å²) in [6.45, 7) is 6.93. The number of unbranched alkanes of at least 4 members (excludes halogenated alkanes) is 6. The van der Waals surface area contributed by atoms with Gasteiger partial charge in [0.25, 0.3) is 0 Å². The summed E-state index contributed by atoms with van der Waals surface area (Å²) in [5, 5.41) is 0. The van der Waals surface area contributed by atoms with E-state index in [4.69, 9.17) is 5.73 Å². The van der Waals surface area contributed by atoms with E-state index in [9.17, 15) is 4.39 Å². The maximum absolute atomic E-state index is 13.6. The fourth-order valence-electron chi connectivity index (χ4n) is 2.62. The molecule has 1 aromatic rings. The van der Waals surface area contributed by atoms with Crippen LogP contribution >= 0.6 is 0 Å². The summed E-state index contributed by atoms with van der Waals surface area (Å²) in [6.07, 6.45) is 11.0. The Bertz CT molecular complexity index is 407. The van der Waals surface area contributed by atoms with E-state index < -0.39 is 0 Å². The molecule has 0 aliphatic carbocycles. The van der Waals surface area contributed by atoms with Crippen molar-refractivity contribution in [2.24, 2.45) is 5.41 Å². The minimum absolute atomic E-state index is 0.155. The Labute approximate surface area is 130 Å². The number of rotatable bonds is 9. The quantitative estimate of drug-likeness (QED) is 0.431. The van der Waals surface area contributed by atoms with Gasteiger partial charge in [-0.05, 0) is 42.4 Å². The number of anilines is 1. The second-order valence-corrected chi connectivity index (χ2v) is 7.39. The van der Waals surface area contributed by atoms with E-state index in [1.165, 1.54) is 51.0 Å². The van der Waals surface area contributed by atoms with Crippen LogP contribution in [-0.2, 0) is 6.42 Å². The van der Waals surface area contributed by atoms with Crippen molar-refractivity contribution in [2.45, 2.75) is 78.6 Å². The van der Waals surface area contributed by atoms with E-state index in [-0.39, 0.29) is 5.82 Å². The summed E-state index contributed by atoms with van der Waals surface area (Å²) in [4.78, 5) is 0. The Morgan fingerprint density at radius 3 is 2.05 bits per heavy atom. The third-order valence-electron chi connectivity index (χ3n) is 3.95. The zero-order valence-corrected chi connectivity index (χ0v) is 14.1. The molecule has 0 amide bonds. The number of nitrogens with two attached hydrogens (primary N) is 1. The van der Waals surface area contributed by atoms with Crippen molar-refractivity contribution in [1.82, 2.24) is 0 Å². The predicted octanol–water partition coefficient (Wildman–Crippen LogP) is 6.12. The average Bonchev–Trinajstić information content (AvgIpc) is 2.37. The number of halogens is 1. The molecule has 0 radical (unpaired) electrons. The Balaban J connectivity index is 2.00. The Morgan fingerprint density at radius 2 is 1.48 bits per heavy atom. The third-order valence-corrected chi connectivity index (χ3v) is 3.95. The van der Waals surface area contributed by atoms with E-state index in [0.29, 0.717) is 11.1 Å². The van der Waals surface area contributed by atoms with Crippen LogP contribution in [0.4, 0.5) is 10.1 Å². The summed E-state index contributed by atoms with van der Waals surface area (Å²) >= 11 is 0. The van der Waals surface area contributed by atoms with E-state index in [1.54, 1.807) is 6.07 Å². The van der Waals surface area contributed by atoms with Gasteiger partial charge < -0.3 is 5.73 Å². The first-order valence-corrected chi connectivity index (χ1v) is 8.42. The molecule has 0 aromatic heterocycles. The second-order valence-electron chi connectivity index (χ2n) is 7.39. The van der Waals surface area contributed by atoms with Crippen molar-refractivity contribution in [3.05, 3.63) is 29.6 Å². The zero-order chi connectivity index (χ0) is 15.7. The molecule has 0 atom stereocenters. The maximum Gasteiger partial charge on any atom is 0.128 e. The van der Waals surface area contributed by atoms with Crippen LogP contribution in [0.3, 0.4) is 0 Å². The zero-order valence-electron chi connectivity index (χ0n) is 14.1. The number of benzene rings is 1. The summed E-state index contributed by atoms with van der Waals surface area (Å²) in [5.41, 5.74) is 7.33. The van der Waals surface area contributed by atoms with Crippen molar-refractivity contribution in [3.63, 3.8) is 0 Å². The van der Waals surface area contributed by atoms with Crippen LogP contribution < -0.4 is 5.73 Å². The standard InChI is InChI=1S/C19H32FN/c1-19(2,3)14-10-8-6-4-5-7-9-11-16-12-13-17(21)15-18(16)20/h12-13,15H,4-11,14,21H2,1-3H3. The number of aryl methyl sites for hydroxylation is 1. The van der Waals surface area contributed by atoms with Crippen LogP contribution in [0.15, 0.2) is 18.2 Å². The third kappa shape index (κ3) is 8.75.